The second-order valence-electron chi connectivity index (χ2n) is 6.03. The molecule has 2 aromatic rings. The molecule has 0 amide bonds. The molecule has 26 heavy (non-hydrogen) atoms. The van der Waals surface area contributed by atoms with E-state index in [1.165, 1.54) is 18.2 Å². The maximum atomic E-state index is 12.6. The standard InChI is InChI=1S/C20H18O6/c1-11(2)25-16-7-5-14(24-3)8-13(16)10-18-19(21)15-9-12(20(22)23)4-6-17(15)26-18/h4-11H,1-3H3,(H,22,23). The van der Waals surface area contributed by atoms with Crippen LogP contribution in [0.1, 0.15) is 40.1 Å². The Balaban J connectivity index is 2.00. The molecule has 0 atom stereocenters. The lowest BCUT2D eigenvalue weighted by Crippen LogP contribution is -2.07. The van der Waals surface area contributed by atoms with Crippen LogP contribution in [0.4, 0.5) is 0 Å². The number of benzene rings is 2. The summed E-state index contributed by atoms with van der Waals surface area (Å²) in [7, 11) is 1.55. The SMILES string of the molecule is COc1ccc(OC(C)C)c(C=C2Oc3ccc(C(=O)O)cc3C2=O)c1. The van der Waals surface area contributed by atoms with Crippen LogP contribution in [0.3, 0.4) is 0 Å². The lowest BCUT2D eigenvalue weighted by Gasteiger charge is -2.13. The van der Waals surface area contributed by atoms with Crippen LogP contribution < -0.4 is 14.2 Å². The van der Waals surface area contributed by atoms with E-state index in [0.717, 1.165) is 0 Å². The summed E-state index contributed by atoms with van der Waals surface area (Å²) in [5.41, 5.74) is 0.894. The van der Waals surface area contributed by atoms with Crippen molar-refractivity contribution in [3.8, 4) is 17.2 Å². The summed E-state index contributed by atoms with van der Waals surface area (Å²) in [4.78, 5) is 23.7. The second kappa shape index (κ2) is 6.92. The van der Waals surface area contributed by atoms with Crippen molar-refractivity contribution < 1.29 is 28.9 Å². The second-order valence-corrected chi connectivity index (χ2v) is 6.03. The Morgan fingerprint density at radius 2 is 1.96 bits per heavy atom. The van der Waals surface area contributed by atoms with E-state index in [4.69, 9.17) is 19.3 Å². The van der Waals surface area contributed by atoms with Crippen molar-refractivity contribution in [1.82, 2.24) is 0 Å². The van der Waals surface area contributed by atoms with Gasteiger partial charge >= 0.3 is 5.97 Å². The van der Waals surface area contributed by atoms with Gasteiger partial charge in [0.1, 0.15) is 17.2 Å². The number of carbonyl (C=O) groups is 2. The van der Waals surface area contributed by atoms with E-state index in [1.807, 2.05) is 13.8 Å². The molecule has 0 fully saturated rings. The molecular formula is C20H18O6. The van der Waals surface area contributed by atoms with E-state index >= 15 is 0 Å². The molecule has 2 aromatic carbocycles. The van der Waals surface area contributed by atoms with Crippen molar-refractivity contribution in [1.29, 1.82) is 0 Å². The van der Waals surface area contributed by atoms with Crippen molar-refractivity contribution in [2.75, 3.05) is 7.11 Å². The number of hydrogen-bond donors (Lipinski definition) is 1. The van der Waals surface area contributed by atoms with Crippen LogP contribution in [0.15, 0.2) is 42.2 Å². The van der Waals surface area contributed by atoms with Gasteiger partial charge in [-0.1, -0.05) is 0 Å². The van der Waals surface area contributed by atoms with Crippen molar-refractivity contribution >= 4 is 17.8 Å². The van der Waals surface area contributed by atoms with Crippen LogP contribution in [0.5, 0.6) is 17.2 Å². The van der Waals surface area contributed by atoms with Gasteiger partial charge in [-0.15, -0.1) is 0 Å². The normalized spacial score (nSPS) is 14.3. The van der Waals surface area contributed by atoms with Crippen LogP contribution in [-0.2, 0) is 0 Å². The fourth-order valence-electron chi connectivity index (χ4n) is 2.59. The molecule has 134 valence electrons. The highest BCUT2D eigenvalue weighted by molar-refractivity contribution is 6.15. The number of hydrogen-bond acceptors (Lipinski definition) is 5. The Kier molecular flexibility index (Phi) is 4.67. The number of ether oxygens (including phenoxy) is 3. The fraction of sp³-hybridized carbons (Fsp3) is 0.200. The van der Waals surface area contributed by atoms with Crippen molar-refractivity contribution in [3.05, 3.63) is 58.8 Å². The third-order valence-electron chi connectivity index (χ3n) is 3.78. The van der Waals surface area contributed by atoms with Crippen molar-refractivity contribution in [2.24, 2.45) is 0 Å². The molecule has 3 rings (SSSR count). The first-order valence-electron chi connectivity index (χ1n) is 8.05. The van der Waals surface area contributed by atoms with Crippen molar-refractivity contribution in [3.63, 3.8) is 0 Å². The van der Waals surface area contributed by atoms with Gasteiger partial charge in [-0.25, -0.2) is 4.79 Å². The van der Waals surface area contributed by atoms with E-state index in [0.29, 0.717) is 22.8 Å². The summed E-state index contributed by atoms with van der Waals surface area (Å²) < 4.78 is 16.6. The van der Waals surface area contributed by atoms with Crippen LogP contribution in [-0.4, -0.2) is 30.1 Å². The van der Waals surface area contributed by atoms with Crippen molar-refractivity contribution in [2.45, 2.75) is 20.0 Å². The number of methoxy groups -OCH3 is 1. The highest BCUT2D eigenvalue weighted by Gasteiger charge is 2.28. The number of Topliss-reactive ketones (excluding diaryl/α,β-unsaturated/α-hetero) is 1. The van der Waals surface area contributed by atoms with Crippen LogP contribution in [0.25, 0.3) is 6.08 Å². The van der Waals surface area contributed by atoms with E-state index in [2.05, 4.69) is 0 Å². The number of carbonyl (C=O) groups excluding carboxylic acids is 1. The molecule has 0 unspecified atom stereocenters. The zero-order valence-corrected chi connectivity index (χ0v) is 14.6. The predicted octanol–water partition coefficient (Wildman–Crippen LogP) is 3.80. The highest BCUT2D eigenvalue weighted by atomic mass is 16.5. The zero-order chi connectivity index (χ0) is 18.8. The number of fused-ring (bicyclic) bond motifs is 1. The minimum absolute atomic E-state index is 0.0344. The number of allylic oxidation sites excluding steroid dienone is 1. The first-order chi connectivity index (χ1) is 12.4. The molecular weight excluding hydrogens is 336 g/mol. The number of carboxylic acid groups (broad SMARTS) is 1. The van der Waals surface area contributed by atoms with Gasteiger partial charge < -0.3 is 19.3 Å². The number of ketones is 1. The largest absolute Gasteiger partial charge is 0.497 e. The van der Waals surface area contributed by atoms with Gasteiger partial charge in [0.15, 0.2) is 5.76 Å². The summed E-state index contributed by atoms with van der Waals surface area (Å²) >= 11 is 0. The fourth-order valence-corrected chi connectivity index (χ4v) is 2.59. The van der Waals surface area contributed by atoms with Gasteiger partial charge in [0.25, 0.3) is 0 Å². The molecule has 1 aliphatic rings. The molecule has 1 aliphatic heterocycles. The first kappa shape index (κ1) is 17.5. The Hall–Kier alpha value is -3.28. The Morgan fingerprint density at radius 1 is 1.19 bits per heavy atom. The van der Waals surface area contributed by atoms with Gasteiger partial charge in [0.05, 0.1) is 24.3 Å². The molecule has 0 radical (unpaired) electrons. The van der Waals surface area contributed by atoms with E-state index in [1.54, 1.807) is 31.4 Å². The van der Waals surface area contributed by atoms with Gasteiger partial charge in [0, 0.05) is 5.56 Å². The quantitative estimate of drug-likeness (QED) is 0.823. The summed E-state index contributed by atoms with van der Waals surface area (Å²) in [6.45, 7) is 3.81. The molecule has 0 bridgehead atoms. The molecule has 6 heteroatoms. The average molecular weight is 354 g/mol. The van der Waals surface area contributed by atoms with E-state index < -0.39 is 5.97 Å². The van der Waals surface area contributed by atoms with E-state index in [9.17, 15) is 9.59 Å². The Morgan fingerprint density at radius 3 is 2.62 bits per heavy atom. The third-order valence-corrected chi connectivity index (χ3v) is 3.78. The summed E-state index contributed by atoms with van der Waals surface area (Å²) in [5, 5.41) is 9.08. The molecule has 0 saturated carbocycles. The summed E-state index contributed by atoms with van der Waals surface area (Å²) in [6.07, 6.45) is 1.53. The van der Waals surface area contributed by atoms with Gasteiger partial charge in [-0.3, -0.25) is 4.79 Å². The third kappa shape index (κ3) is 3.39. The first-order valence-corrected chi connectivity index (χ1v) is 8.05. The highest BCUT2D eigenvalue weighted by Crippen LogP contribution is 2.34. The number of carboxylic acids is 1. The lowest BCUT2D eigenvalue weighted by molar-refractivity contribution is 0.0697. The zero-order valence-electron chi connectivity index (χ0n) is 14.6. The molecule has 0 aromatic heterocycles. The Bertz CT molecular complexity index is 911. The lowest BCUT2D eigenvalue weighted by atomic mass is 10.1. The molecule has 0 spiro atoms. The summed E-state index contributed by atoms with van der Waals surface area (Å²) in [5.74, 6) is 0.167. The van der Waals surface area contributed by atoms with Gasteiger partial charge in [-0.2, -0.15) is 0 Å². The summed E-state index contributed by atoms with van der Waals surface area (Å²) in [6, 6.07) is 9.47. The smallest absolute Gasteiger partial charge is 0.335 e. The van der Waals surface area contributed by atoms with Crippen LogP contribution in [0.2, 0.25) is 0 Å². The molecule has 6 nitrogen and oxygen atoms in total. The minimum atomic E-state index is -1.10. The maximum Gasteiger partial charge on any atom is 0.335 e. The molecule has 0 aliphatic carbocycles. The average Bonchev–Trinajstić information content (AvgIpc) is 2.91. The number of aromatic carboxylic acids is 1. The van der Waals surface area contributed by atoms with Gasteiger partial charge in [-0.05, 0) is 56.3 Å². The van der Waals surface area contributed by atoms with Crippen LogP contribution in [0, 0.1) is 0 Å². The van der Waals surface area contributed by atoms with E-state index in [-0.39, 0.29) is 28.8 Å². The monoisotopic (exact) mass is 354 g/mol. The maximum absolute atomic E-state index is 12.6. The topological polar surface area (TPSA) is 82.1 Å². The van der Waals surface area contributed by atoms with Crippen LogP contribution >= 0.6 is 0 Å². The minimum Gasteiger partial charge on any atom is -0.497 e. The van der Waals surface area contributed by atoms with Gasteiger partial charge in [0.2, 0.25) is 5.78 Å². The molecule has 1 N–H and O–H groups in total. The molecule has 0 saturated heterocycles. The Labute approximate surface area is 150 Å². The molecule has 1 heterocycles. The number of rotatable bonds is 5. The predicted molar refractivity (Wildman–Crippen MR) is 95.1 cm³/mol.